The summed E-state index contributed by atoms with van der Waals surface area (Å²) < 4.78 is 0. The van der Waals surface area contributed by atoms with Crippen LogP contribution in [0.5, 0.6) is 0 Å². The Morgan fingerprint density at radius 3 is 2.35 bits per heavy atom. The third-order valence-corrected chi connectivity index (χ3v) is 3.12. The van der Waals surface area contributed by atoms with Crippen LogP contribution in [-0.2, 0) is 14.4 Å². The van der Waals surface area contributed by atoms with Gasteiger partial charge in [0.1, 0.15) is 0 Å². The van der Waals surface area contributed by atoms with Crippen LogP contribution in [0.25, 0.3) is 0 Å². The van der Waals surface area contributed by atoms with Gasteiger partial charge in [-0.1, -0.05) is 23.7 Å². The lowest BCUT2D eigenvalue weighted by atomic mass is 10.3. The summed E-state index contributed by atoms with van der Waals surface area (Å²) in [5.74, 6) is -0.860. The van der Waals surface area contributed by atoms with E-state index in [-0.39, 0.29) is 37.4 Å². The Balaban J connectivity index is 2.34. The molecule has 0 bridgehead atoms. The lowest BCUT2D eigenvalue weighted by Crippen LogP contribution is -2.42. The van der Waals surface area contributed by atoms with Crippen LogP contribution in [0.3, 0.4) is 0 Å². The first-order chi connectivity index (χ1) is 10.9. The van der Waals surface area contributed by atoms with Crippen LogP contribution in [0, 0.1) is 0 Å². The number of amides is 3. The molecule has 0 radical (unpaired) electrons. The summed E-state index contributed by atoms with van der Waals surface area (Å²) in [4.78, 5) is 36.3. The summed E-state index contributed by atoms with van der Waals surface area (Å²) in [6, 6.07) is 6.90. The fourth-order valence-electron chi connectivity index (χ4n) is 1.79. The molecule has 3 amide bonds. The van der Waals surface area contributed by atoms with E-state index in [1.807, 2.05) is 0 Å². The third kappa shape index (κ3) is 7.62. The number of likely N-dealkylation sites (N-methyl/N-ethyl adjacent to an activating group) is 2. The van der Waals surface area contributed by atoms with Gasteiger partial charge in [-0.3, -0.25) is 19.3 Å². The smallest absolute Gasteiger partial charge is 0.239 e. The summed E-state index contributed by atoms with van der Waals surface area (Å²) in [6.45, 7) is 2.27. The van der Waals surface area contributed by atoms with Crippen LogP contribution in [0.1, 0.15) is 6.92 Å². The van der Waals surface area contributed by atoms with E-state index < -0.39 is 0 Å². The number of benzene rings is 1. The van der Waals surface area contributed by atoms with Crippen molar-refractivity contribution in [2.75, 3.05) is 38.5 Å². The van der Waals surface area contributed by atoms with Crippen molar-refractivity contribution in [3.05, 3.63) is 29.3 Å². The highest BCUT2D eigenvalue weighted by Crippen LogP contribution is 2.20. The minimum Gasteiger partial charge on any atom is -0.355 e. The lowest BCUT2D eigenvalue weighted by molar-refractivity contribution is -0.127. The van der Waals surface area contributed by atoms with Crippen molar-refractivity contribution in [2.45, 2.75) is 6.92 Å². The van der Waals surface area contributed by atoms with E-state index >= 15 is 0 Å². The van der Waals surface area contributed by atoms with Gasteiger partial charge in [0, 0.05) is 6.54 Å². The summed E-state index contributed by atoms with van der Waals surface area (Å²) in [5, 5.41) is 8.18. The molecule has 1 rings (SSSR count). The molecule has 1 aromatic carbocycles. The van der Waals surface area contributed by atoms with Gasteiger partial charge in [-0.15, -0.1) is 0 Å². The van der Waals surface area contributed by atoms with Gasteiger partial charge in [0.15, 0.2) is 0 Å². The Morgan fingerprint density at radius 1 is 1.04 bits per heavy atom. The number of anilines is 1. The topological polar surface area (TPSA) is 90.5 Å². The lowest BCUT2D eigenvalue weighted by Gasteiger charge is -2.16. The maximum absolute atomic E-state index is 11.9. The highest BCUT2D eigenvalue weighted by atomic mass is 35.5. The molecule has 0 aliphatic rings. The van der Waals surface area contributed by atoms with Gasteiger partial charge in [-0.25, -0.2) is 0 Å². The number of para-hydroxylation sites is 1. The zero-order chi connectivity index (χ0) is 17.2. The molecule has 0 saturated heterocycles. The van der Waals surface area contributed by atoms with E-state index in [1.54, 1.807) is 43.1 Å². The molecule has 0 spiro atoms. The SMILES string of the molecule is CCNC(=O)CNC(=O)CN(C)CC(=O)Nc1ccccc1Cl. The minimum atomic E-state index is -0.329. The highest BCUT2D eigenvalue weighted by Gasteiger charge is 2.12. The first kappa shape index (κ1) is 18.9. The van der Waals surface area contributed by atoms with Gasteiger partial charge in [-0.05, 0) is 26.1 Å². The monoisotopic (exact) mass is 340 g/mol. The third-order valence-electron chi connectivity index (χ3n) is 2.80. The van der Waals surface area contributed by atoms with Crippen molar-refractivity contribution < 1.29 is 14.4 Å². The molecular formula is C15H21ClN4O3. The number of carbonyl (C=O) groups is 3. The number of nitrogens with one attached hydrogen (secondary N) is 3. The van der Waals surface area contributed by atoms with Crippen LogP contribution < -0.4 is 16.0 Å². The summed E-state index contributed by atoms with van der Waals surface area (Å²) in [5.41, 5.74) is 0.522. The molecule has 0 atom stereocenters. The Bertz CT molecular complexity index is 565. The average Bonchev–Trinajstić information content (AvgIpc) is 2.47. The van der Waals surface area contributed by atoms with Crippen LogP contribution >= 0.6 is 11.6 Å². The predicted molar refractivity (Wildman–Crippen MR) is 89.3 cm³/mol. The molecule has 1 aromatic rings. The number of carbonyl (C=O) groups excluding carboxylic acids is 3. The number of hydrogen-bond acceptors (Lipinski definition) is 4. The second-order valence-corrected chi connectivity index (χ2v) is 5.34. The number of halogens is 1. The van der Waals surface area contributed by atoms with Gasteiger partial charge in [0.2, 0.25) is 17.7 Å². The molecule has 3 N–H and O–H groups in total. The fraction of sp³-hybridized carbons (Fsp3) is 0.400. The Hall–Kier alpha value is -2.12. The van der Waals surface area contributed by atoms with Gasteiger partial charge in [-0.2, -0.15) is 0 Å². The van der Waals surface area contributed by atoms with Crippen LogP contribution in [0.2, 0.25) is 5.02 Å². The van der Waals surface area contributed by atoms with Crippen molar-refractivity contribution in [3.63, 3.8) is 0 Å². The quantitative estimate of drug-likeness (QED) is 0.641. The van der Waals surface area contributed by atoms with Crippen LogP contribution in [0.4, 0.5) is 5.69 Å². The van der Waals surface area contributed by atoms with Crippen molar-refractivity contribution in [1.29, 1.82) is 0 Å². The maximum atomic E-state index is 11.9. The second kappa shape index (κ2) is 9.81. The zero-order valence-electron chi connectivity index (χ0n) is 13.2. The average molecular weight is 341 g/mol. The molecule has 7 nitrogen and oxygen atoms in total. The van der Waals surface area contributed by atoms with Crippen molar-refractivity contribution in [3.8, 4) is 0 Å². The Labute approximate surface area is 140 Å². The first-order valence-corrected chi connectivity index (χ1v) is 7.56. The molecule has 0 heterocycles. The van der Waals surface area contributed by atoms with Gasteiger partial charge in [0.25, 0.3) is 0 Å². The van der Waals surface area contributed by atoms with E-state index in [2.05, 4.69) is 16.0 Å². The maximum Gasteiger partial charge on any atom is 0.239 e. The van der Waals surface area contributed by atoms with Gasteiger partial charge in [0.05, 0.1) is 30.3 Å². The molecular weight excluding hydrogens is 320 g/mol. The molecule has 0 aliphatic carbocycles. The zero-order valence-corrected chi connectivity index (χ0v) is 13.9. The van der Waals surface area contributed by atoms with E-state index in [4.69, 9.17) is 11.6 Å². The summed E-state index contributed by atoms with van der Waals surface area (Å²) in [7, 11) is 1.64. The number of rotatable bonds is 8. The summed E-state index contributed by atoms with van der Waals surface area (Å²) >= 11 is 5.96. The van der Waals surface area contributed by atoms with E-state index in [1.165, 1.54) is 0 Å². The Kier molecular flexibility index (Phi) is 8.07. The standard InChI is InChI=1S/C15H21ClN4O3/c1-3-17-13(21)8-18-14(22)9-20(2)10-15(23)19-12-7-5-4-6-11(12)16/h4-7H,3,8-10H2,1-2H3,(H,17,21)(H,18,22)(H,19,23). The fourth-order valence-corrected chi connectivity index (χ4v) is 1.98. The molecule has 8 heteroatoms. The molecule has 0 saturated carbocycles. The van der Waals surface area contributed by atoms with Gasteiger partial charge >= 0.3 is 0 Å². The van der Waals surface area contributed by atoms with Crippen LogP contribution in [0.15, 0.2) is 24.3 Å². The minimum absolute atomic E-state index is 0.00927. The normalized spacial score (nSPS) is 10.3. The molecule has 23 heavy (non-hydrogen) atoms. The van der Waals surface area contributed by atoms with E-state index in [9.17, 15) is 14.4 Å². The largest absolute Gasteiger partial charge is 0.355 e. The molecule has 126 valence electrons. The van der Waals surface area contributed by atoms with Gasteiger partial charge < -0.3 is 16.0 Å². The number of nitrogens with zero attached hydrogens (tertiary/aromatic N) is 1. The highest BCUT2D eigenvalue weighted by molar-refractivity contribution is 6.33. The second-order valence-electron chi connectivity index (χ2n) is 4.93. The van der Waals surface area contributed by atoms with E-state index in [0.29, 0.717) is 17.3 Å². The number of hydrogen-bond donors (Lipinski definition) is 3. The molecule has 0 unspecified atom stereocenters. The Morgan fingerprint density at radius 2 is 1.70 bits per heavy atom. The van der Waals surface area contributed by atoms with Crippen molar-refractivity contribution >= 4 is 35.0 Å². The summed E-state index contributed by atoms with van der Waals surface area (Å²) in [6.07, 6.45) is 0. The van der Waals surface area contributed by atoms with Crippen LogP contribution in [-0.4, -0.2) is 55.8 Å². The molecule has 0 aromatic heterocycles. The molecule has 0 aliphatic heterocycles. The molecule has 0 fully saturated rings. The predicted octanol–water partition coefficient (Wildman–Crippen LogP) is 0.463. The van der Waals surface area contributed by atoms with Crippen molar-refractivity contribution in [2.24, 2.45) is 0 Å². The van der Waals surface area contributed by atoms with Crippen molar-refractivity contribution in [1.82, 2.24) is 15.5 Å². The van der Waals surface area contributed by atoms with E-state index in [0.717, 1.165) is 0 Å². The first-order valence-electron chi connectivity index (χ1n) is 7.18.